The molecule has 0 bridgehead atoms. The molecule has 0 aromatic carbocycles. The predicted octanol–water partition coefficient (Wildman–Crippen LogP) is 0.917. The quantitative estimate of drug-likeness (QED) is 0.736. The highest BCUT2D eigenvalue weighted by Gasteiger charge is 2.46. The van der Waals surface area contributed by atoms with Crippen molar-refractivity contribution in [3.8, 4) is 0 Å². The number of aryl methyl sites for hydroxylation is 2. The molecule has 70 valence electrons. The van der Waals surface area contributed by atoms with Crippen molar-refractivity contribution in [1.29, 1.82) is 0 Å². The van der Waals surface area contributed by atoms with Gasteiger partial charge >= 0.3 is 5.97 Å². The van der Waals surface area contributed by atoms with E-state index in [4.69, 9.17) is 5.11 Å². The fourth-order valence-electron chi connectivity index (χ4n) is 1.86. The van der Waals surface area contributed by atoms with Crippen molar-refractivity contribution in [1.82, 2.24) is 9.78 Å². The highest BCUT2D eigenvalue weighted by atomic mass is 16.4. The number of hydrogen-bond donors (Lipinski definition) is 1. The average molecular weight is 180 g/mol. The molecule has 0 saturated heterocycles. The first-order valence-corrected chi connectivity index (χ1v) is 4.32. The Hall–Kier alpha value is -1.32. The van der Waals surface area contributed by atoms with Gasteiger partial charge in [0.15, 0.2) is 0 Å². The monoisotopic (exact) mass is 180 g/mol. The summed E-state index contributed by atoms with van der Waals surface area (Å²) in [4.78, 5) is 10.7. The zero-order valence-corrected chi connectivity index (χ0v) is 7.69. The lowest BCUT2D eigenvalue weighted by Gasteiger charge is -2.00. The van der Waals surface area contributed by atoms with E-state index in [1.807, 2.05) is 14.0 Å². The van der Waals surface area contributed by atoms with Gasteiger partial charge < -0.3 is 5.11 Å². The molecule has 13 heavy (non-hydrogen) atoms. The molecule has 1 fully saturated rings. The minimum Gasteiger partial charge on any atom is -0.481 e. The minimum atomic E-state index is -0.689. The molecule has 4 nitrogen and oxygen atoms in total. The molecule has 0 aliphatic heterocycles. The van der Waals surface area contributed by atoms with Crippen molar-refractivity contribution in [2.24, 2.45) is 13.0 Å². The molecule has 0 unspecified atom stereocenters. The van der Waals surface area contributed by atoms with Crippen molar-refractivity contribution >= 4 is 5.97 Å². The second-order valence-corrected chi connectivity index (χ2v) is 3.62. The number of nitrogens with zero attached hydrogens (tertiary/aromatic N) is 2. The summed E-state index contributed by atoms with van der Waals surface area (Å²) < 4.78 is 1.78. The van der Waals surface area contributed by atoms with Crippen LogP contribution in [-0.4, -0.2) is 20.9 Å². The molecule has 1 heterocycles. The molecule has 1 aromatic rings. The van der Waals surface area contributed by atoms with Crippen LogP contribution in [0.2, 0.25) is 0 Å². The van der Waals surface area contributed by atoms with Gasteiger partial charge in [0.2, 0.25) is 0 Å². The van der Waals surface area contributed by atoms with Crippen LogP contribution in [0, 0.1) is 12.8 Å². The number of carboxylic acid groups (broad SMARTS) is 1. The summed E-state index contributed by atoms with van der Waals surface area (Å²) in [6.07, 6.45) is 2.54. The van der Waals surface area contributed by atoms with Gasteiger partial charge in [0.1, 0.15) is 0 Å². The van der Waals surface area contributed by atoms with E-state index in [1.54, 1.807) is 10.9 Å². The summed E-state index contributed by atoms with van der Waals surface area (Å²) in [6.45, 7) is 1.97. The van der Waals surface area contributed by atoms with E-state index in [-0.39, 0.29) is 11.8 Å². The van der Waals surface area contributed by atoms with Gasteiger partial charge in [-0.1, -0.05) is 0 Å². The maximum atomic E-state index is 10.7. The van der Waals surface area contributed by atoms with Crippen LogP contribution in [0.15, 0.2) is 6.20 Å². The molecule has 4 heteroatoms. The molecular weight excluding hydrogens is 168 g/mol. The van der Waals surface area contributed by atoms with Gasteiger partial charge in [0, 0.05) is 18.7 Å². The second kappa shape index (κ2) is 2.58. The van der Waals surface area contributed by atoms with E-state index in [2.05, 4.69) is 5.10 Å². The Balaban J connectivity index is 2.24. The zero-order chi connectivity index (χ0) is 9.59. The van der Waals surface area contributed by atoms with Crippen molar-refractivity contribution in [2.75, 3.05) is 0 Å². The third kappa shape index (κ3) is 1.22. The van der Waals surface area contributed by atoms with Crippen LogP contribution in [0.4, 0.5) is 0 Å². The molecule has 0 radical (unpaired) electrons. The smallest absolute Gasteiger partial charge is 0.307 e. The standard InChI is InChI=1S/C9H12N2O2/c1-5-4-10-11(2)8(5)6-3-7(6)9(12)13/h4,6-7H,3H2,1-2H3,(H,12,13)/t6-,7-/m1/s1. The maximum Gasteiger partial charge on any atom is 0.307 e. The lowest BCUT2D eigenvalue weighted by Crippen LogP contribution is -2.03. The highest BCUT2D eigenvalue weighted by Crippen LogP contribution is 2.48. The SMILES string of the molecule is Cc1cnn(C)c1[C@@H]1C[C@H]1C(=O)O. The Morgan fingerprint density at radius 3 is 2.85 bits per heavy atom. The molecule has 1 aliphatic rings. The largest absolute Gasteiger partial charge is 0.481 e. The van der Waals surface area contributed by atoms with Crippen LogP contribution in [-0.2, 0) is 11.8 Å². The minimum absolute atomic E-state index is 0.185. The van der Waals surface area contributed by atoms with Gasteiger partial charge in [-0.25, -0.2) is 0 Å². The Morgan fingerprint density at radius 1 is 1.77 bits per heavy atom. The molecule has 1 aliphatic carbocycles. The lowest BCUT2D eigenvalue weighted by atomic mass is 10.1. The lowest BCUT2D eigenvalue weighted by molar-refractivity contribution is -0.138. The van der Waals surface area contributed by atoms with Crippen molar-refractivity contribution in [3.63, 3.8) is 0 Å². The Labute approximate surface area is 76.2 Å². The van der Waals surface area contributed by atoms with Crippen LogP contribution in [0.5, 0.6) is 0 Å². The van der Waals surface area contributed by atoms with Crippen molar-refractivity contribution < 1.29 is 9.90 Å². The number of carbonyl (C=O) groups is 1. The number of rotatable bonds is 2. The van der Waals surface area contributed by atoms with Crippen LogP contribution < -0.4 is 0 Å². The first kappa shape index (κ1) is 8.29. The van der Waals surface area contributed by atoms with Crippen LogP contribution in [0.1, 0.15) is 23.6 Å². The van der Waals surface area contributed by atoms with Gasteiger partial charge in [0.05, 0.1) is 12.1 Å². The average Bonchev–Trinajstić information content (AvgIpc) is 2.76. The highest BCUT2D eigenvalue weighted by molar-refractivity contribution is 5.75. The normalized spacial score (nSPS) is 26.0. The van der Waals surface area contributed by atoms with E-state index in [1.165, 1.54) is 0 Å². The van der Waals surface area contributed by atoms with E-state index in [0.717, 1.165) is 17.7 Å². The first-order valence-electron chi connectivity index (χ1n) is 4.32. The van der Waals surface area contributed by atoms with Crippen molar-refractivity contribution in [3.05, 3.63) is 17.5 Å². The van der Waals surface area contributed by atoms with Gasteiger partial charge in [0.25, 0.3) is 0 Å². The molecule has 1 N–H and O–H groups in total. The predicted molar refractivity (Wildman–Crippen MR) is 46.4 cm³/mol. The number of hydrogen-bond acceptors (Lipinski definition) is 2. The third-order valence-corrected chi connectivity index (χ3v) is 2.64. The summed E-state index contributed by atoms with van der Waals surface area (Å²) in [5, 5.41) is 12.9. The Bertz CT molecular complexity index is 337. The first-order chi connectivity index (χ1) is 6.11. The van der Waals surface area contributed by atoms with Gasteiger partial charge in [-0.2, -0.15) is 5.10 Å². The van der Waals surface area contributed by atoms with Gasteiger partial charge in [-0.15, -0.1) is 0 Å². The second-order valence-electron chi connectivity index (χ2n) is 3.62. The fraction of sp³-hybridized carbons (Fsp3) is 0.556. The molecular formula is C9H12N2O2. The Kier molecular flexibility index (Phi) is 1.65. The third-order valence-electron chi connectivity index (χ3n) is 2.64. The summed E-state index contributed by atoms with van der Waals surface area (Å²) in [5.41, 5.74) is 2.17. The van der Waals surface area contributed by atoms with Gasteiger partial charge in [-0.05, 0) is 18.9 Å². The molecule has 0 spiro atoms. The van der Waals surface area contributed by atoms with Crippen molar-refractivity contribution in [2.45, 2.75) is 19.3 Å². The van der Waals surface area contributed by atoms with E-state index >= 15 is 0 Å². The summed E-state index contributed by atoms with van der Waals surface area (Å²) in [6, 6.07) is 0. The number of aliphatic carboxylic acids is 1. The van der Waals surface area contributed by atoms with E-state index in [9.17, 15) is 4.79 Å². The molecule has 0 amide bonds. The van der Waals surface area contributed by atoms with Crippen LogP contribution in [0.25, 0.3) is 0 Å². The summed E-state index contributed by atoms with van der Waals surface area (Å²) in [7, 11) is 1.86. The van der Waals surface area contributed by atoms with E-state index in [0.29, 0.717) is 0 Å². The molecule has 2 atom stereocenters. The molecule has 1 aromatic heterocycles. The fourth-order valence-corrected chi connectivity index (χ4v) is 1.86. The van der Waals surface area contributed by atoms with E-state index < -0.39 is 5.97 Å². The Morgan fingerprint density at radius 2 is 2.46 bits per heavy atom. The molecule has 1 saturated carbocycles. The summed E-state index contributed by atoms with van der Waals surface area (Å²) >= 11 is 0. The topological polar surface area (TPSA) is 55.1 Å². The van der Waals surface area contributed by atoms with Crippen LogP contribution >= 0.6 is 0 Å². The van der Waals surface area contributed by atoms with Gasteiger partial charge in [-0.3, -0.25) is 9.48 Å². The maximum absolute atomic E-state index is 10.7. The number of aromatic nitrogens is 2. The summed E-state index contributed by atoms with van der Waals surface area (Å²) in [5.74, 6) is -0.690. The number of carboxylic acids is 1. The zero-order valence-electron chi connectivity index (χ0n) is 7.69. The molecule has 2 rings (SSSR count). The van der Waals surface area contributed by atoms with Crippen LogP contribution in [0.3, 0.4) is 0 Å².